The summed E-state index contributed by atoms with van der Waals surface area (Å²) in [5, 5.41) is 20.0. The Labute approximate surface area is 191 Å². The van der Waals surface area contributed by atoms with Gasteiger partial charge in [-0.3, -0.25) is 0 Å². The van der Waals surface area contributed by atoms with Gasteiger partial charge >= 0.3 is 0 Å². The maximum atomic E-state index is 10.8. The lowest BCUT2D eigenvalue weighted by Gasteiger charge is -2.36. The van der Waals surface area contributed by atoms with Crippen molar-refractivity contribution in [1.82, 2.24) is 15.4 Å². The molecule has 3 aliphatic rings. The molecule has 1 aromatic heterocycles. The molecule has 0 amide bonds. The number of rotatable bonds is 10. The van der Waals surface area contributed by atoms with Gasteiger partial charge in [0.05, 0.1) is 24.0 Å². The Morgan fingerprint density at radius 1 is 1.25 bits per heavy atom. The Bertz CT molecular complexity index is 932. The van der Waals surface area contributed by atoms with E-state index in [0.717, 1.165) is 85.7 Å². The second-order valence-corrected chi connectivity index (χ2v) is 11.1. The van der Waals surface area contributed by atoms with Crippen LogP contribution in [0.5, 0.6) is 5.75 Å². The second-order valence-electron chi connectivity index (χ2n) is 11.1. The van der Waals surface area contributed by atoms with E-state index in [1.165, 1.54) is 19.3 Å². The van der Waals surface area contributed by atoms with Gasteiger partial charge in [0.1, 0.15) is 5.75 Å². The van der Waals surface area contributed by atoms with E-state index in [1.807, 2.05) is 0 Å². The van der Waals surface area contributed by atoms with Gasteiger partial charge in [0, 0.05) is 18.0 Å². The number of benzene rings is 1. The SMILES string of the molecule is CN(C)Cc1c(OCC2CC2)ccc2c(CC[C@H]3CCN[C@H](C(O)C4(C)CC4)C3)noc12. The summed E-state index contributed by atoms with van der Waals surface area (Å²) in [5.74, 6) is 2.27. The highest BCUT2D eigenvalue weighted by molar-refractivity contribution is 5.84. The van der Waals surface area contributed by atoms with Crippen molar-refractivity contribution in [2.24, 2.45) is 17.3 Å². The lowest BCUT2D eigenvalue weighted by atomic mass is 9.82. The Morgan fingerprint density at radius 2 is 2.06 bits per heavy atom. The summed E-state index contributed by atoms with van der Waals surface area (Å²) in [7, 11) is 4.15. The predicted molar refractivity (Wildman–Crippen MR) is 126 cm³/mol. The largest absolute Gasteiger partial charge is 0.493 e. The van der Waals surface area contributed by atoms with Crippen LogP contribution in [-0.4, -0.2) is 54.6 Å². The van der Waals surface area contributed by atoms with Gasteiger partial charge in [-0.2, -0.15) is 0 Å². The summed E-state index contributed by atoms with van der Waals surface area (Å²) < 4.78 is 12.0. The van der Waals surface area contributed by atoms with Gasteiger partial charge in [0.25, 0.3) is 0 Å². The van der Waals surface area contributed by atoms with E-state index in [2.05, 4.69) is 48.5 Å². The number of piperidine rings is 1. The van der Waals surface area contributed by atoms with Crippen molar-refractivity contribution in [1.29, 1.82) is 0 Å². The third kappa shape index (κ3) is 4.82. The summed E-state index contributed by atoms with van der Waals surface area (Å²) in [6.45, 7) is 4.79. The zero-order valence-electron chi connectivity index (χ0n) is 19.9. The fourth-order valence-corrected chi connectivity index (χ4v) is 5.22. The maximum absolute atomic E-state index is 10.8. The molecule has 0 spiro atoms. The topological polar surface area (TPSA) is 70.8 Å². The summed E-state index contributed by atoms with van der Waals surface area (Å²) in [5.41, 5.74) is 3.18. The van der Waals surface area contributed by atoms with E-state index >= 15 is 0 Å². The summed E-state index contributed by atoms with van der Waals surface area (Å²) >= 11 is 0. The molecular weight excluding hydrogens is 402 g/mol. The number of aliphatic hydroxyl groups excluding tert-OH is 1. The minimum atomic E-state index is -0.221. The quantitative estimate of drug-likeness (QED) is 0.577. The molecule has 0 bridgehead atoms. The molecule has 1 unspecified atom stereocenters. The molecule has 6 heteroatoms. The van der Waals surface area contributed by atoms with Gasteiger partial charge < -0.3 is 24.6 Å². The van der Waals surface area contributed by atoms with Crippen LogP contribution in [0.1, 0.15) is 63.1 Å². The highest BCUT2D eigenvalue weighted by atomic mass is 16.5. The molecule has 5 rings (SSSR count). The van der Waals surface area contributed by atoms with Gasteiger partial charge in [-0.15, -0.1) is 0 Å². The fraction of sp³-hybridized carbons (Fsp3) is 0.731. The number of aromatic nitrogens is 1. The van der Waals surface area contributed by atoms with Crippen molar-refractivity contribution >= 4 is 11.0 Å². The van der Waals surface area contributed by atoms with Crippen LogP contribution in [0.3, 0.4) is 0 Å². The first-order valence-electron chi connectivity index (χ1n) is 12.5. The molecule has 2 aromatic rings. The molecule has 1 aliphatic heterocycles. The number of ether oxygens (including phenoxy) is 1. The van der Waals surface area contributed by atoms with Crippen LogP contribution >= 0.6 is 0 Å². The molecular formula is C26H39N3O3. The molecule has 2 aliphatic carbocycles. The van der Waals surface area contributed by atoms with Crippen molar-refractivity contribution in [2.45, 2.75) is 77.0 Å². The zero-order valence-corrected chi connectivity index (χ0v) is 19.9. The first kappa shape index (κ1) is 22.2. The molecule has 2 saturated carbocycles. The number of hydrogen-bond acceptors (Lipinski definition) is 6. The van der Waals surface area contributed by atoms with Gasteiger partial charge in [-0.25, -0.2) is 0 Å². The van der Waals surface area contributed by atoms with Crippen LogP contribution in [0.15, 0.2) is 16.7 Å². The number of aryl methyl sites for hydroxylation is 1. The third-order valence-corrected chi connectivity index (χ3v) is 7.89. The first-order valence-corrected chi connectivity index (χ1v) is 12.5. The van der Waals surface area contributed by atoms with Crippen molar-refractivity contribution in [3.05, 3.63) is 23.4 Å². The molecule has 32 heavy (non-hydrogen) atoms. The van der Waals surface area contributed by atoms with Gasteiger partial charge in [0.2, 0.25) is 0 Å². The molecule has 6 nitrogen and oxygen atoms in total. The number of nitrogens with one attached hydrogen (secondary N) is 1. The monoisotopic (exact) mass is 441 g/mol. The van der Waals surface area contributed by atoms with Crippen LogP contribution in [0.25, 0.3) is 11.0 Å². The molecule has 3 fully saturated rings. The fourth-order valence-electron chi connectivity index (χ4n) is 5.22. The standard InChI is InChI=1S/C26H39N3O3/c1-26(11-12-26)25(30)22-14-17(10-13-27-22)6-8-21-19-7-9-23(31-16-18-4-5-18)20(15-29(2)3)24(19)32-28-21/h7,9,17-18,22,25,27,30H,4-6,8,10-16H2,1-3H3/t17-,22-,25?/m0/s1. The van der Waals surface area contributed by atoms with Crippen LogP contribution in [0, 0.1) is 17.3 Å². The Hall–Kier alpha value is -1.63. The van der Waals surface area contributed by atoms with Crippen molar-refractivity contribution in [2.75, 3.05) is 27.2 Å². The van der Waals surface area contributed by atoms with Crippen LogP contribution in [0.2, 0.25) is 0 Å². The molecule has 176 valence electrons. The number of hydrogen-bond donors (Lipinski definition) is 2. The normalized spacial score (nSPS) is 25.9. The number of nitrogens with zero attached hydrogens (tertiary/aromatic N) is 2. The van der Waals surface area contributed by atoms with E-state index in [4.69, 9.17) is 9.26 Å². The Balaban J connectivity index is 1.27. The van der Waals surface area contributed by atoms with Crippen molar-refractivity contribution < 1.29 is 14.4 Å². The minimum absolute atomic E-state index is 0.143. The van der Waals surface area contributed by atoms with Crippen molar-refractivity contribution in [3.8, 4) is 5.75 Å². The summed E-state index contributed by atoms with van der Waals surface area (Å²) in [6, 6.07) is 4.47. The van der Waals surface area contributed by atoms with Gasteiger partial charge in [-0.05, 0) is 101 Å². The second kappa shape index (κ2) is 8.96. The average molecular weight is 442 g/mol. The molecule has 2 N–H and O–H groups in total. The molecule has 1 saturated heterocycles. The van der Waals surface area contributed by atoms with Gasteiger partial charge in [-0.1, -0.05) is 12.1 Å². The first-order chi connectivity index (χ1) is 15.4. The zero-order chi connectivity index (χ0) is 22.3. The summed E-state index contributed by atoms with van der Waals surface area (Å²) in [6.07, 6.45) is 8.89. The lowest BCUT2D eigenvalue weighted by molar-refractivity contribution is 0.0428. The van der Waals surface area contributed by atoms with Crippen LogP contribution < -0.4 is 10.1 Å². The average Bonchev–Trinajstić information content (AvgIpc) is 3.70. The Morgan fingerprint density at radius 3 is 2.78 bits per heavy atom. The Kier molecular flexibility index (Phi) is 6.21. The molecule has 0 radical (unpaired) electrons. The molecule has 3 atom stereocenters. The lowest BCUT2D eigenvalue weighted by Crippen LogP contribution is -2.48. The van der Waals surface area contributed by atoms with E-state index in [9.17, 15) is 5.11 Å². The predicted octanol–water partition coefficient (Wildman–Crippen LogP) is 4.14. The maximum Gasteiger partial charge on any atom is 0.175 e. The minimum Gasteiger partial charge on any atom is -0.493 e. The van der Waals surface area contributed by atoms with Crippen LogP contribution in [-0.2, 0) is 13.0 Å². The van der Waals surface area contributed by atoms with E-state index in [1.54, 1.807) is 0 Å². The molecule has 1 aromatic carbocycles. The van der Waals surface area contributed by atoms with Gasteiger partial charge in [0.15, 0.2) is 5.58 Å². The number of aliphatic hydroxyl groups is 1. The summed E-state index contributed by atoms with van der Waals surface area (Å²) in [4.78, 5) is 2.15. The van der Waals surface area contributed by atoms with E-state index in [-0.39, 0.29) is 17.6 Å². The van der Waals surface area contributed by atoms with E-state index in [0.29, 0.717) is 5.92 Å². The van der Waals surface area contributed by atoms with Crippen LogP contribution in [0.4, 0.5) is 0 Å². The smallest absolute Gasteiger partial charge is 0.175 e. The highest BCUT2D eigenvalue weighted by Gasteiger charge is 2.48. The number of fused-ring (bicyclic) bond motifs is 1. The van der Waals surface area contributed by atoms with Crippen molar-refractivity contribution in [3.63, 3.8) is 0 Å². The highest BCUT2D eigenvalue weighted by Crippen LogP contribution is 2.50. The molecule has 2 heterocycles. The van der Waals surface area contributed by atoms with E-state index < -0.39 is 0 Å². The third-order valence-electron chi connectivity index (χ3n) is 7.89.